The molecular weight excluding hydrogens is 246 g/mol. The van der Waals surface area contributed by atoms with Crippen LogP contribution in [0.5, 0.6) is 5.75 Å². The van der Waals surface area contributed by atoms with Crippen molar-refractivity contribution in [3.8, 4) is 5.75 Å². The molecule has 0 aliphatic heterocycles. The monoisotopic (exact) mass is 259 g/mol. The average Bonchev–Trinajstić information content (AvgIpc) is 2.46. The molecule has 2 aromatic rings. The van der Waals surface area contributed by atoms with Crippen molar-refractivity contribution in [2.75, 3.05) is 7.11 Å². The fraction of sp³-hybridized carbons (Fsp3) is 0.0714. The van der Waals surface area contributed by atoms with E-state index in [4.69, 9.17) is 4.74 Å². The molecule has 0 aromatic heterocycles. The minimum absolute atomic E-state index is 0.684. The van der Waals surface area contributed by atoms with Gasteiger partial charge in [-0.15, -0.1) is 0 Å². The third kappa shape index (κ3) is 3.05. The van der Waals surface area contributed by atoms with Crippen LogP contribution in [0, 0.1) is 0 Å². The summed E-state index contributed by atoms with van der Waals surface area (Å²) in [6.07, 6.45) is 1.57. The summed E-state index contributed by atoms with van der Waals surface area (Å²) >= 11 is 0. The Morgan fingerprint density at radius 2 is 1.72 bits per heavy atom. The molecule has 2 aromatic carbocycles. The van der Waals surface area contributed by atoms with Crippen molar-refractivity contribution < 1.29 is 8.95 Å². The van der Waals surface area contributed by atoms with E-state index in [0.29, 0.717) is 10.6 Å². The molecule has 0 amide bonds. The quantitative estimate of drug-likeness (QED) is 0.792. The zero-order valence-corrected chi connectivity index (χ0v) is 10.8. The van der Waals surface area contributed by atoms with Crippen LogP contribution < -0.4 is 4.74 Å². The summed E-state index contributed by atoms with van der Waals surface area (Å²) in [6.45, 7) is 0. The molecule has 0 unspecified atom stereocenters. The summed E-state index contributed by atoms with van der Waals surface area (Å²) in [6, 6.07) is 16.6. The van der Waals surface area contributed by atoms with Gasteiger partial charge < -0.3 is 4.74 Å². The van der Waals surface area contributed by atoms with Gasteiger partial charge in [0.05, 0.1) is 12.0 Å². The zero-order chi connectivity index (χ0) is 12.8. The van der Waals surface area contributed by atoms with Crippen LogP contribution in [0.3, 0.4) is 0 Å². The van der Waals surface area contributed by atoms with E-state index in [1.54, 1.807) is 25.5 Å². The van der Waals surface area contributed by atoms with Crippen LogP contribution in [0.15, 0.2) is 63.9 Å². The predicted molar refractivity (Wildman–Crippen MR) is 73.4 cm³/mol. The van der Waals surface area contributed by atoms with Crippen LogP contribution in [0.2, 0.25) is 0 Å². The molecule has 0 radical (unpaired) electrons. The van der Waals surface area contributed by atoms with Crippen LogP contribution in [-0.4, -0.2) is 17.5 Å². The Labute approximate surface area is 109 Å². The van der Waals surface area contributed by atoms with Crippen molar-refractivity contribution in [1.82, 2.24) is 0 Å². The lowest BCUT2D eigenvalue weighted by atomic mass is 10.2. The summed E-state index contributed by atoms with van der Waals surface area (Å²) in [5.41, 5.74) is 0.810. The van der Waals surface area contributed by atoms with Gasteiger partial charge in [-0.1, -0.05) is 30.3 Å². The Kier molecular flexibility index (Phi) is 4.25. The number of rotatable bonds is 4. The van der Waals surface area contributed by atoms with Crippen molar-refractivity contribution in [2.45, 2.75) is 4.90 Å². The van der Waals surface area contributed by atoms with E-state index in [9.17, 15) is 4.21 Å². The highest BCUT2D eigenvalue weighted by Gasteiger charge is 2.01. The second-order valence-corrected chi connectivity index (χ2v) is 4.72. The van der Waals surface area contributed by atoms with Crippen molar-refractivity contribution >= 4 is 17.2 Å². The summed E-state index contributed by atoms with van der Waals surface area (Å²) in [5.74, 6) is 0.714. The van der Waals surface area contributed by atoms with E-state index in [-0.39, 0.29) is 0 Å². The van der Waals surface area contributed by atoms with Crippen molar-refractivity contribution in [3.63, 3.8) is 0 Å². The summed E-state index contributed by atoms with van der Waals surface area (Å²) in [7, 11) is 0.218. The molecule has 3 nitrogen and oxygen atoms in total. The molecule has 1 atom stereocenters. The van der Waals surface area contributed by atoms with Gasteiger partial charge in [0.2, 0.25) is 0 Å². The van der Waals surface area contributed by atoms with Crippen molar-refractivity contribution in [3.05, 3.63) is 60.2 Å². The van der Waals surface area contributed by atoms with Crippen LogP contribution in [0.1, 0.15) is 5.56 Å². The lowest BCUT2D eigenvalue weighted by Crippen LogP contribution is -1.92. The van der Waals surface area contributed by atoms with Crippen molar-refractivity contribution in [1.29, 1.82) is 0 Å². The zero-order valence-electron chi connectivity index (χ0n) is 9.95. The standard InChI is InChI=1S/C14H13NO2S/c1-17-14-10-6-5-7-12(14)11-15-18(16)13-8-3-2-4-9-13/h2-11H,1H3/b15-11+/t18-/m0/s1. The topological polar surface area (TPSA) is 38.7 Å². The highest BCUT2D eigenvalue weighted by atomic mass is 32.2. The average molecular weight is 259 g/mol. The molecule has 0 aliphatic rings. The fourth-order valence-corrected chi connectivity index (χ4v) is 2.20. The van der Waals surface area contributed by atoms with Gasteiger partial charge in [-0.2, -0.15) is 4.40 Å². The highest BCUT2D eigenvalue weighted by molar-refractivity contribution is 7.83. The molecule has 18 heavy (non-hydrogen) atoms. The predicted octanol–water partition coefficient (Wildman–Crippen LogP) is 2.84. The number of methoxy groups -OCH3 is 1. The maximum atomic E-state index is 11.9. The molecular formula is C14H13NO2S. The number of hydrogen-bond acceptors (Lipinski definition) is 2. The molecule has 92 valence electrons. The van der Waals surface area contributed by atoms with Gasteiger partial charge in [-0.25, -0.2) is 4.21 Å². The molecule has 0 heterocycles. The smallest absolute Gasteiger partial charge is 0.172 e. The van der Waals surface area contributed by atoms with Crippen molar-refractivity contribution in [2.24, 2.45) is 4.40 Å². The first-order chi connectivity index (χ1) is 8.81. The van der Waals surface area contributed by atoms with Gasteiger partial charge in [0.1, 0.15) is 5.75 Å². The molecule has 4 heteroatoms. The first-order valence-corrected chi connectivity index (χ1v) is 6.56. The van der Waals surface area contributed by atoms with Gasteiger partial charge in [0.25, 0.3) is 0 Å². The fourth-order valence-electron chi connectivity index (χ4n) is 1.48. The minimum atomic E-state index is -1.38. The van der Waals surface area contributed by atoms with Gasteiger partial charge >= 0.3 is 0 Å². The number of para-hydroxylation sites is 1. The first-order valence-electron chi connectivity index (χ1n) is 5.45. The minimum Gasteiger partial charge on any atom is -0.496 e. The first kappa shape index (κ1) is 12.5. The molecule has 0 spiro atoms. The summed E-state index contributed by atoms with van der Waals surface area (Å²) < 4.78 is 21.1. The van der Waals surface area contributed by atoms with Crippen LogP contribution in [0.4, 0.5) is 0 Å². The van der Waals surface area contributed by atoms with E-state index < -0.39 is 11.0 Å². The molecule has 0 aliphatic carbocycles. The SMILES string of the molecule is COc1ccccc1/C=N/[S@@](=O)c1ccccc1. The molecule has 0 N–H and O–H groups in total. The molecule has 0 saturated heterocycles. The number of benzene rings is 2. The van der Waals surface area contributed by atoms with E-state index in [2.05, 4.69) is 4.40 Å². The van der Waals surface area contributed by atoms with Gasteiger partial charge in [0, 0.05) is 11.8 Å². The molecule has 0 bridgehead atoms. The van der Waals surface area contributed by atoms with E-state index in [1.807, 2.05) is 42.5 Å². The Balaban J connectivity index is 2.19. The second-order valence-electron chi connectivity index (χ2n) is 3.54. The summed E-state index contributed by atoms with van der Waals surface area (Å²) in [4.78, 5) is 0.684. The maximum Gasteiger partial charge on any atom is 0.172 e. The van der Waals surface area contributed by atoms with Crippen LogP contribution >= 0.6 is 0 Å². The normalized spacial score (nSPS) is 12.5. The third-order valence-electron chi connectivity index (χ3n) is 2.37. The van der Waals surface area contributed by atoms with Gasteiger partial charge in [-0.3, -0.25) is 0 Å². The van der Waals surface area contributed by atoms with E-state index in [0.717, 1.165) is 5.56 Å². The van der Waals surface area contributed by atoms with Crippen LogP contribution in [-0.2, 0) is 11.0 Å². The molecule has 2 rings (SSSR count). The Hall–Kier alpha value is -1.94. The Bertz CT molecular complexity index is 567. The highest BCUT2D eigenvalue weighted by Crippen LogP contribution is 2.15. The number of hydrogen-bond donors (Lipinski definition) is 0. The summed E-state index contributed by atoms with van der Waals surface area (Å²) in [5, 5.41) is 0. The number of ether oxygens (including phenoxy) is 1. The number of nitrogens with zero attached hydrogens (tertiary/aromatic N) is 1. The van der Waals surface area contributed by atoms with Gasteiger partial charge in [-0.05, 0) is 24.3 Å². The van der Waals surface area contributed by atoms with Crippen LogP contribution in [0.25, 0.3) is 0 Å². The lowest BCUT2D eigenvalue weighted by Gasteiger charge is -2.02. The maximum absolute atomic E-state index is 11.9. The Morgan fingerprint density at radius 1 is 1.06 bits per heavy atom. The second kappa shape index (κ2) is 6.12. The third-order valence-corrected chi connectivity index (χ3v) is 3.34. The van der Waals surface area contributed by atoms with E-state index in [1.165, 1.54) is 0 Å². The van der Waals surface area contributed by atoms with E-state index >= 15 is 0 Å². The largest absolute Gasteiger partial charge is 0.496 e. The Morgan fingerprint density at radius 3 is 2.44 bits per heavy atom. The molecule has 0 saturated carbocycles. The lowest BCUT2D eigenvalue weighted by molar-refractivity contribution is 0.414. The van der Waals surface area contributed by atoms with Gasteiger partial charge in [0.15, 0.2) is 11.0 Å². The molecule has 0 fully saturated rings.